The van der Waals surface area contributed by atoms with Gasteiger partial charge in [-0.25, -0.2) is 4.79 Å². The molecule has 1 aromatic rings. The molecular formula is C15H19N3O4. The third-order valence-corrected chi connectivity index (χ3v) is 3.46. The number of carbonyl (C=O) groups excluding carboxylic acids is 3. The molecular weight excluding hydrogens is 286 g/mol. The lowest BCUT2D eigenvalue weighted by molar-refractivity contribution is -0.128. The molecule has 0 unspecified atom stereocenters. The van der Waals surface area contributed by atoms with E-state index in [4.69, 9.17) is 10.5 Å². The summed E-state index contributed by atoms with van der Waals surface area (Å²) < 4.78 is 5.41. The van der Waals surface area contributed by atoms with Crippen LogP contribution in [0, 0.1) is 0 Å². The number of ketones is 1. The first kappa shape index (κ1) is 16.0. The van der Waals surface area contributed by atoms with E-state index in [1.807, 2.05) is 0 Å². The van der Waals surface area contributed by atoms with Crippen molar-refractivity contribution >= 4 is 23.4 Å². The van der Waals surface area contributed by atoms with E-state index in [0.717, 1.165) is 0 Å². The van der Waals surface area contributed by atoms with Crippen LogP contribution in [0.2, 0.25) is 0 Å². The minimum atomic E-state index is -0.561. The summed E-state index contributed by atoms with van der Waals surface area (Å²) in [6, 6.07) is 6.24. The number of nitrogens with two attached hydrogens (primary N) is 1. The Morgan fingerprint density at radius 3 is 2.45 bits per heavy atom. The summed E-state index contributed by atoms with van der Waals surface area (Å²) in [4.78, 5) is 33.9. The molecule has 1 saturated heterocycles. The van der Waals surface area contributed by atoms with Crippen molar-refractivity contribution < 1.29 is 19.1 Å². The van der Waals surface area contributed by atoms with Gasteiger partial charge in [-0.2, -0.15) is 0 Å². The minimum absolute atomic E-state index is 0.0293. The molecule has 4 N–H and O–H groups in total. The Balaban J connectivity index is 1.76. The van der Waals surface area contributed by atoms with Crippen LogP contribution in [-0.2, 0) is 9.53 Å². The average molecular weight is 305 g/mol. The first-order valence-corrected chi connectivity index (χ1v) is 7.06. The Morgan fingerprint density at radius 1 is 1.23 bits per heavy atom. The molecule has 0 aromatic heterocycles. The van der Waals surface area contributed by atoms with Crippen molar-refractivity contribution in [2.75, 3.05) is 11.9 Å². The number of urea groups is 1. The maximum Gasteiger partial charge on any atom is 0.319 e. The number of rotatable bonds is 5. The highest BCUT2D eigenvalue weighted by Gasteiger charge is 2.29. The second-order valence-corrected chi connectivity index (χ2v) is 5.20. The standard InChI is InChI=1S/C15H19N3O4/c1-9(19)10-2-4-11(5-3-10)18-15(21)17-8-12-6-7-13(22-12)14(16)20/h2-5,12-13H,6-8H2,1H3,(H2,16,20)(H2,17,18,21)/t12-,13-/m0/s1. The van der Waals surface area contributed by atoms with Gasteiger partial charge in [0.15, 0.2) is 5.78 Å². The van der Waals surface area contributed by atoms with Gasteiger partial charge in [0, 0.05) is 17.8 Å². The molecule has 0 spiro atoms. The highest BCUT2D eigenvalue weighted by Crippen LogP contribution is 2.18. The number of anilines is 1. The predicted octanol–water partition coefficient (Wildman–Crippen LogP) is 1.04. The van der Waals surface area contributed by atoms with Gasteiger partial charge in [0.25, 0.3) is 0 Å². The third kappa shape index (κ3) is 4.29. The van der Waals surface area contributed by atoms with Crippen molar-refractivity contribution in [3.8, 4) is 0 Å². The van der Waals surface area contributed by atoms with Crippen LogP contribution in [0.5, 0.6) is 0 Å². The summed E-state index contributed by atoms with van der Waals surface area (Å²) in [6.07, 6.45) is 0.495. The molecule has 118 valence electrons. The molecule has 1 aliphatic rings. The predicted molar refractivity (Wildman–Crippen MR) is 80.6 cm³/mol. The first-order valence-electron chi connectivity index (χ1n) is 7.06. The molecule has 1 fully saturated rings. The molecule has 22 heavy (non-hydrogen) atoms. The molecule has 7 heteroatoms. The van der Waals surface area contributed by atoms with Crippen molar-refractivity contribution in [2.45, 2.75) is 32.0 Å². The van der Waals surface area contributed by atoms with Crippen molar-refractivity contribution in [3.05, 3.63) is 29.8 Å². The average Bonchev–Trinajstić information content (AvgIpc) is 2.95. The van der Waals surface area contributed by atoms with Gasteiger partial charge in [0.2, 0.25) is 5.91 Å². The quantitative estimate of drug-likeness (QED) is 0.706. The van der Waals surface area contributed by atoms with E-state index < -0.39 is 12.0 Å². The van der Waals surface area contributed by atoms with Gasteiger partial charge in [-0.3, -0.25) is 9.59 Å². The normalized spacial score (nSPS) is 20.4. The van der Waals surface area contributed by atoms with Crippen molar-refractivity contribution in [1.29, 1.82) is 0 Å². The van der Waals surface area contributed by atoms with Gasteiger partial charge < -0.3 is 21.1 Å². The van der Waals surface area contributed by atoms with E-state index in [9.17, 15) is 14.4 Å². The minimum Gasteiger partial charge on any atom is -0.367 e. The second kappa shape index (κ2) is 7.04. The van der Waals surface area contributed by atoms with Crippen LogP contribution in [-0.4, -0.2) is 36.5 Å². The van der Waals surface area contributed by atoms with E-state index in [0.29, 0.717) is 30.6 Å². The first-order chi connectivity index (χ1) is 10.5. The molecule has 2 atom stereocenters. The highest BCUT2D eigenvalue weighted by molar-refractivity contribution is 5.95. The van der Waals surface area contributed by atoms with E-state index in [1.54, 1.807) is 24.3 Å². The summed E-state index contributed by atoms with van der Waals surface area (Å²) in [7, 11) is 0. The molecule has 3 amide bonds. The van der Waals surface area contributed by atoms with Crippen LogP contribution >= 0.6 is 0 Å². The van der Waals surface area contributed by atoms with Gasteiger partial charge >= 0.3 is 6.03 Å². The second-order valence-electron chi connectivity index (χ2n) is 5.20. The Hall–Kier alpha value is -2.41. The number of benzene rings is 1. The lowest BCUT2D eigenvalue weighted by Crippen LogP contribution is -2.36. The van der Waals surface area contributed by atoms with Gasteiger partial charge in [0.05, 0.1) is 6.10 Å². The van der Waals surface area contributed by atoms with Gasteiger partial charge in [0.1, 0.15) is 6.10 Å². The van der Waals surface area contributed by atoms with Gasteiger partial charge in [-0.1, -0.05) is 0 Å². The fourth-order valence-corrected chi connectivity index (χ4v) is 2.24. The SMILES string of the molecule is CC(=O)c1ccc(NC(=O)NC[C@@H]2CC[C@@H](C(N)=O)O2)cc1. The Bertz CT molecular complexity index is 571. The van der Waals surface area contributed by atoms with Crippen molar-refractivity contribution in [1.82, 2.24) is 5.32 Å². The summed E-state index contributed by atoms with van der Waals surface area (Å²) in [5, 5.41) is 5.33. The van der Waals surface area contributed by atoms with Crippen LogP contribution in [0.3, 0.4) is 0 Å². The number of carbonyl (C=O) groups is 3. The molecule has 2 rings (SSSR count). The van der Waals surface area contributed by atoms with Crippen molar-refractivity contribution in [2.24, 2.45) is 5.73 Å². The maximum absolute atomic E-state index is 11.8. The molecule has 0 aliphatic carbocycles. The van der Waals surface area contributed by atoms with E-state index in [1.165, 1.54) is 6.92 Å². The Morgan fingerprint density at radius 2 is 1.91 bits per heavy atom. The molecule has 1 aliphatic heterocycles. The summed E-state index contributed by atoms with van der Waals surface area (Å²) >= 11 is 0. The molecule has 1 heterocycles. The van der Waals surface area contributed by atoms with Crippen LogP contribution in [0.1, 0.15) is 30.1 Å². The highest BCUT2D eigenvalue weighted by atomic mass is 16.5. The van der Waals surface area contributed by atoms with E-state index in [2.05, 4.69) is 10.6 Å². The van der Waals surface area contributed by atoms with E-state index >= 15 is 0 Å². The number of nitrogens with one attached hydrogen (secondary N) is 2. The van der Waals surface area contributed by atoms with E-state index in [-0.39, 0.29) is 17.9 Å². The number of ether oxygens (including phenoxy) is 1. The van der Waals surface area contributed by atoms with Crippen LogP contribution in [0.4, 0.5) is 10.5 Å². The third-order valence-electron chi connectivity index (χ3n) is 3.46. The Kier molecular flexibility index (Phi) is 5.11. The number of hydrogen-bond donors (Lipinski definition) is 3. The lowest BCUT2D eigenvalue weighted by Gasteiger charge is -2.13. The molecule has 1 aromatic carbocycles. The number of Topliss-reactive ketones (excluding diaryl/α,β-unsaturated/α-hetero) is 1. The number of hydrogen-bond acceptors (Lipinski definition) is 4. The van der Waals surface area contributed by atoms with Crippen LogP contribution < -0.4 is 16.4 Å². The largest absolute Gasteiger partial charge is 0.367 e. The molecule has 0 bridgehead atoms. The molecule has 0 saturated carbocycles. The molecule has 7 nitrogen and oxygen atoms in total. The van der Waals surface area contributed by atoms with Crippen LogP contribution in [0.25, 0.3) is 0 Å². The van der Waals surface area contributed by atoms with Crippen molar-refractivity contribution in [3.63, 3.8) is 0 Å². The number of amides is 3. The summed E-state index contributed by atoms with van der Waals surface area (Å²) in [5.41, 5.74) is 6.34. The summed E-state index contributed by atoms with van der Waals surface area (Å²) in [6.45, 7) is 1.79. The zero-order valence-electron chi connectivity index (χ0n) is 12.3. The topological polar surface area (TPSA) is 111 Å². The molecule has 0 radical (unpaired) electrons. The fraction of sp³-hybridized carbons (Fsp3) is 0.400. The zero-order valence-corrected chi connectivity index (χ0v) is 12.3. The smallest absolute Gasteiger partial charge is 0.319 e. The van der Waals surface area contributed by atoms with Gasteiger partial charge in [-0.15, -0.1) is 0 Å². The Labute approximate surface area is 128 Å². The van der Waals surface area contributed by atoms with Crippen LogP contribution in [0.15, 0.2) is 24.3 Å². The lowest BCUT2D eigenvalue weighted by atomic mass is 10.1. The summed E-state index contributed by atoms with van der Waals surface area (Å²) in [5.74, 6) is -0.504. The van der Waals surface area contributed by atoms with Gasteiger partial charge in [-0.05, 0) is 44.0 Å². The zero-order chi connectivity index (χ0) is 16.1. The number of primary amides is 1. The maximum atomic E-state index is 11.8. The fourth-order valence-electron chi connectivity index (χ4n) is 2.24. The monoisotopic (exact) mass is 305 g/mol.